The maximum atomic E-state index is 5.49. The van der Waals surface area contributed by atoms with Crippen LogP contribution in [0.15, 0.2) is 0 Å². The average molecular weight is 350 g/mol. The van der Waals surface area contributed by atoms with Gasteiger partial charge >= 0.3 is 5.97 Å². The maximum absolute atomic E-state index is 5.49. The van der Waals surface area contributed by atoms with Crippen LogP contribution in [0.1, 0.15) is 68.7 Å². The molecule has 0 aliphatic carbocycles. The average Bonchev–Trinajstić information content (AvgIpc) is 3.14. The molecule has 0 saturated carbocycles. The van der Waals surface area contributed by atoms with Crippen LogP contribution in [0.4, 0.5) is 0 Å². The third-order valence-corrected chi connectivity index (χ3v) is 3.39. The van der Waals surface area contributed by atoms with Gasteiger partial charge < -0.3 is 0 Å². The Morgan fingerprint density at radius 3 is 1.50 bits per heavy atom. The van der Waals surface area contributed by atoms with Gasteiger partial charge in [0.05, 0.1) is 11.2 Å². The Morgan fingerprint density at radius 2 is 1.25 bits per heavy atom. The molecule has 0 spiro atoms. The summed E-state index contributed by atoms with van der Waals surface area (Å²) in [7, 11) is 0. The topological polar surface area (TPSA) is 80.4 Å². The molecule has 2 saturated heterocycles. The van der Waals surface area contributed by atoms with Crippen LogP contribution in [0.25, 0.3) is 0 Å². The predicted molar refractivity (Wildman–Crippen MR) is 81.5 cm³/mol. The molecule has 24 heavy (non-hydrogen) atoms. The van der Waals surface area contributed by atoms with Gasteiger partial charge in [0.15, 0.2) is 0 Å². The molecular formula is C16H30O8. The van der Waals surface area contributed by atoms with E-state index in [0.717, 1.165) is 0 Å². The molecule has 1 unspecified atom stereocenters. The second-order valence-electron chi connectivity index (χ2n) is 8.83. The van der Waals surface area contributed by atoms with Gasteiger partial charge in [0.1, 0.15) is 0 Å². The molecule has 1 atom stereocenters. The SMILES string of the molecule is CC(C)CC1(C2(C)OOC2(OOC(C)(C)C)OOC(C)(C)C)OO1. The zero-order chi connectivity index (χ0) is 18.4. The summed E-state index contributed by atoms with van der Waals surface area (Å²) in [6, 6.07) is 0. The van der Waals surface area contributed by atoms with E-state index in [9.17, 15) is 0 Å². The molecule has 2 aliphatic heterocycles. The summed E-state index contributed by atoms with van der Waals surface area (Å²) in [4.78, 5) is 42.8. The third kappa shape index (κ3) is 3.91. The fourth-order valence-electron chi connectivity index (χ4n) is 2.10. The van der Waals surface area contributed by atoms with Crippen LogP contribution in [0.3, 0.4) is 0 Å². The van der Waals surface area contributed by atoms with Crippen LogP contribution >= 0.6 is 0 Å². The molecule has 0 N–H and O–H groups in total. The first-order chi connectivity index (χ1) is 10.7. The Bertz CT molecular complexity index is 428. The summed E-state index contributed by atoms with van der Waals surface area (Å²) in [5, 5.41) is 0. The molecule has 2 heterocycles. The van der Waals surface area contributed by atoms with Gasteiger partial charge in [-0.3, -0.25) is 0 Å². The molecule has 8 heteroatoms. The Labute approximate surface area is 143 Å². The molecule has 8 nitrogen and oxygen atoms in total. The summed E-state index contributed by atoms with van der Waals surface area (Å²) in [6.45, 7) is 16.8. The molecule has 2 rings (SSSR count). The Morgan fingerprint density at radius 1 is 0.792 bits per heavy atom. The zero-order valence-corrected chi connectivity index (χ0v) is 16.1. The minimum Gasteiger partial charge on any atom is -0.225 e. The van der Waals surface area contributed by atoms with Crippen molar-refractivity contribution in [2.75, 3.05) is 0 Å². The smallest absolute Gasteiger partial charge is 0.225 e. The van der Waals surface area contributed by atoms with Gasteiger partial charge in [-0.1, -0.05) is 13.8 Å². The lowest BCUT2D eigenvalue weighted by Crippen LogP contribution is -2.75. The van der Waals surface area contributed by atoms with Gasteiger partial charge in [-0.15, -0.1) is 0 Å². The number of rotatable bonds is 7. The van der Waals surface area contributed by atoms with Gasteiger partial charge in [-0.25, -0.2) is 14.7 Å². The highest BCUT2D eigenvalue weighted by molar-refractivity contribution is 5.05. The quantitative estimate of drug-likeness (QED) is 0.298. The second-order valence-corrected chi connectivity index (χ2v) is 8.83. The van der Waals surface area contributed by atoms with Crippen molar-refractivity contribution in [3.8, 4) is 0 Å². The van der Waals surface area contributed by atoms with E-state index in [-0.39, 0.29) is 5.92 Å². The van der Waals surface area contributed by atoms with E-state index in [1.54, 1.807) is 6.92 Å². The molecule has 0 amide bonds. The largest absolute Gasteiger partial charge is 0.402 e. The van der Waals surface area contributed by atoms with Gasteiger partial charge in [-0.05, 0) is 54.4 Å². The monoisotopic (exact) mass is 350 g/mol. The van der Waals surface area contributed by atoms with Crippen molar-refractivity contribution in [1.29, 1.82) is 0 Å². The van der Waals surface area contributed by atoms with Crippen molar-refractivity contribution in [3.63, 3.8) is 0 Å². The Kier molecular flexibility index (Phi) is 5.11. The van der Waals surface area contributed by atoms with E-state index < -0.39 is 28.6 Å². The minimum atomic E-state index is -1.79. The summed E-state index contributed by atoms with van der Waals surface area (Å²) < 4.78 is 0. The van der Waals surface area contributed by atoms with E-state index in [4.69, 9.17) is 39.1 Å². The first kappa shape index (κ1) is 20.0. The van der Waals surface area contributed by atoms with Crippen molar-refractivity contribution in [2.45, 2.75) is 97.3 Å². The molecule has 0 aromatic rings. The summed E-state index contributed by atoms with van der Waals surface area (Å²) in [5.41, 5.74) is -2.45. The van der Waals surface area contributed by atoms with Crippen LogP contribution in [-0.2, 0) is 39.1 Å². The minimum absolute atomic E-state index is 0.276. The second kappa shape index (κ2) is 6.14. The summed E-state index contributed by atoms with van der Waals surface area (Å²) in [5.74, 6) is -2.58. The normalized spacial score (nSPS) is 28.8. The molecule has 2 fully saturated rings. The van der Waals surface area contributed by atoms with Crippen LogP contribution < -0.4 is 0 Å². The van der Waals surface area contributed by atoms with Crippen LogP contribution in [0.5, 0.6) is 0 Å². The highest BCUT2D eigenvalue weighted by Crippen LogP contribution is 2.59. The third-order valence-electron chi connectivity index (χ3n) is 3.39. The van der Waals surface area contributed by atoms with Crippen molar-refractivity contribution < 1.29 is 39.1 Å². The van der Waals surface area contributed by atoms with Gasteiger partial charge in [0.2, 0.25) is 5.60 Å². The molecule has 0 radical (unpaired) electrons. The number of hydrogen-bond acceptors (Lipinski definition) is 8. The molecule has 0 aromatic carbocycles. The van der Waals surface area contributed by atoms with Crippen LogP contribution in [0.2, 0.25) is 0 Å². The van der Waals surface area contributed by atoms with Gasteiger partial charge in [-0.2, -0.15) is 24.4 Å². The molecule has 0 aromatic heterocycles. The van der Waals surface area contributed by atoms with Crippen molar-refractivity contribution in [3.05, 3.63) is 0 Å². The van der Waals surface area contributed by atoms with Crippen molar-refractivity contribution in [1.82, 2.24) is 0 Å². The first-order valence-corrected chi connectivity index (χ1v) is 8.22. The van der Waals surface area contributed by atoms with E-state index in [0.29, 0.717) is 6.42 Å². The van der Waals surface area contributed by atoms with Gasteiger partial charge in [0, 0.05) is 6.42 Å². The fraction of sp³-hybridized carbons (Fsp3) is 1.00. The molecule has 2 aliphatic rings. The van der Waals surface area contributed by atoms with Crippen molar-refractivity contribution >= 4 is 0 Å². The highest BCUT2D eigenvalue weighted by Gasteiger charge is 2.84. The lowest BCUT2D eigenvalue weighted by molar-refractivity contribution is -0.759. The van der Waals surface area contributed by atoms with Crippen molar-refractivity contribution in [2.24, 2.45) is 5.92 Å². The number of hydrogen-bond donors (Lipinski definition) is 0. The van der Waals surface area contributed by atoms with E-state index in [1.807, 2.05) is 55.4 Å². The molecule has 142 valence electrons. The Hall–Kier alpha value is -0.320. The highest BCUT2D eigenvalue weighted by atomic mass is 17.5. The van der Waals surface area contributed by atoms with E-state index in [2.05, 4.69) is 0 Å². The fourth-order valence-corrected chi connectivity index (χ4v) is 2.10. The zero-order valence-electron chi connectivity index (χ0n) is 16.1. The molecular weight excluding hydrogens is 320 g/mol. The summed E-state index contributed by atoms with van der Waals surface area (Å²) in [6.07, 6.45) is 0.548. The van der Waals surface area contributed by atoms with Gasteiger partial charge in [0.25, 0.3) is 5.79 Å². The first-order valence-electron chi connectivity index (χ1n) is 8.22. The lowest BCUT2D eigenvalue weighted by atomic mass is 9.86. The van der Waals surface area contributed by atoms with E-state index in [1.165, 1.54) is 0 Å². The predicted octanol–water partition coefficient (Wildman–Crippen LogP) is 3.56. The standard InChI is InChI=1S/C16H30O8/c1-11(2)10-15(20-21-15)14(9)16(24-19-14,22-17-12(3,4)5)23-18-13(6,7)8/h11H,10H2,1-9H3. The lowest BCUT2D eigenvalue weighted by Gasteiger charge is -2.51. The Balaban J connectivity index is 2.22. The maximum Gasteiger partial charge on any atom is 0.402 e. The summed E-state index contributed by atoms with van der Waals surface area (Å²) >= 11 is 0. The van der Waals surface area contributed by atoms with E-state index >= 15 is 0 Å². The molecule has 0 bridgehead atoms. The van der Waals surface area contributed by atoms with Crippen LogP contribution in [0, 0.1) is 5.92 Å². The van der Waals surface area contributed by atoms with Crippen LogP contribution in [-0.4, -0.2) is 28.6 Å².